The van der Waals surface area contributed by atoms with Gasteiger partial charge >= 0.3 is 6.18 Å². The Labute approximate surface area is 118 Å². The van der Waals surface area contributed by atoms with Gasteiger partial charge in [0.05, 0.1) is 13.3 Å². The molecule has 0 unspecified atom stereocenters. The van der Waals surface area contributed by atoms with Crippen molar-refractivity contribution >= 4 is 6.29 Å². The van der Waals surface area contributed by atoms with Gasteiger partial charge in [-0.1, -0.05) is 0 Å². The molecule has 1 atom stereocenters. The van der Waals surface area contributed by atoms with Gasteiger partial charge in [0, 0.05) is 6.42 Å². The van der Waals surface area contributed by atoms with E-state index in [9.17, 15) is 17.6 Å². The molecule has 1 aliphatic rings. The van der Waals surface area contributed by atoms with Crippen molar-refractivity contribution in [3.05, 3.63) is 17.8 Å². The van der Waals surface area contributed by atoms with Crippen LogP contribution in [0.1, 0.15) is 12.2 Å². The summed E-state index contributed by atoms with van der Waals surface area (Å²) < 4.78 is 49.1. The normalized spacial score (nSPS) is 17.9. The zero-order chi connectivity index (χ0) is 15.9. The van der Waals surface area contributed by atoms with Crippen molar-refractivity contribution in [1.29, 1.82) is 0 Å². The fourth-order valence-corrected chi connectivity index (χ4v) is 1.77. The van der Waals surface area contributed by atoms with Gasteiger partial charge in [0.25, 0.3) is 5.88 Å². The summed E-state index contributed by atoms with van der Waals surface area (Å²) in [6.07, 6.45) is -2.62. The Hall–Kier alpha value is -1.77. The fourth-order valence-electron chi connectivity index (χ4n) is 1.77. The predicted octanol–water partition coefficient (Wildman–Crippen LogP) is 1.52. The van der Waals surface area contributed by atoms with E-state index in [1.807, 2.05) is 0 Å². The molecule has 118 valence electrons. The highest BCUT2D eigenvalue weighted by atomic mass is 19.4. The van der Waals surface area contributed by atoms with Crippen molar-refractivity contribution in [3.8, 4) is 5.88 Å². The van der Waals surface area contributed by atoms with Gasteiger partial charge in [-0.25, -0.2) is 4.98 Å². The maximum atomic E-state index is 13.0. The number of alkyl halides is 3. The van der Waals surface area contributed by atoms with E-state index >= 15 is 0 Å². The lowest BCUT2D eigenvalue weighted by molar-refractivity contribution is -0.156. The molecule has 2 rings (SSSR count). The van der Waals surface area contributed by atoms with Gasteiger partial charge < -0.3 is 10.1 Å². The van der Waals surface area contributed by atoms with E-state index in [1.54, 1.807) is 0 Å². The summed E-state index contributed by atoms with van der Waals surface area (Å²) in [6.45, 7) is 2.03. The number of rotatable bonds is 3. The largest absolute Gasteiger partial charge is 0.479 e. The lowest BCUT2D eigenvalue weighted by Crippen LogP contribution is -2.12. The minimum Gasteiger partial charge on any atom is -0.479 e. The van der Waals surface area contributed by atoms with Crippen molar-refractivity contribution in [1.82, 2.24) is 15.3 Å². The molecular weight excluding hydrogens is 294 g/mol. The molecule has 2 heterocycles. The number of carbonyl (C=O) groups excluding carboxylic acids is 1. The average molecular weight is 309 g/mol. The van der Waals surface area contributed by atoms with Crippen LogP contribution in [0.15, 0.2) is 6.20 Å². The third kappa shape index (κ3) is 6.48. The molecule has 1 aliphatic heterocycles. The van der Waals surface area contributed by atoms with Crippen LogP contribution in [0.2, 0.25) is 0 Å². The smallest absolute Gasteiger partial charge is 0.446 e. The first-order valence-corrected chi connectivity index (χ1v) is 6.15. The van der Waals surface area contributed by atoms with Crippen LogP contribution in [0.4, 0.5) is 17.6 Å². The molecule has 0 spiro atoms. The lowest BCUT2D eigenvalue weighted by Gasteiger charge is -2.07. The second-order valence-corrected chi connectivity index (χ2v) is 4.37. The molecule has 0 bridgehead atoms. The minimum atomic E-state index is -4.64. The van der Waals surface area contributed by atoms with Crippen LogP contribution in [-0.2, 0) is 11.2 Å². The highest BCUT2D eigenvalue weighted by molar-refractivity contribution is 5.56. The van der Waals surface area contributed by atoms with Gasteiger partial charge in [0.15, 0.2) is 0 Å². The summed E-state index contributed by atoms with van der Waals surface area (Å²) in [5.41, 5.74) is 0. The number of aldehydes is 1. The van der Waals surface area contributed by atoms with Crippen molar-refractivity contribution in [2.75, 3.05) is 20.2 Å². The number of carbonyl (C=O) groups is 1. The van der Waals surface area contributed by atoms with Crippen molar-refractivity contribution in [2.24, 2.45) is 5.92 Å². The number of nitrogens with zero attached hydrogens (tertiary/aromatic N) is 2. The quantitative estimate of drug-likeness (QED) is 0.677. The summed E-state index contributed by atoms with van der Waals surface area (Å²) in [5.74, 6) is 0.735. The van der Waals surface area contributed by atoms with E-state index < -0.39 is 18.3 Å². The Bertz CT molecular complexity index is 462. The van der Waals surface area contributed by atoms with Gasteiger partial charge in [0.1, 0.15) is 5.82 Å². The molecular formula is C12H15F4N3O2. The number of hydrogen-bond donors (Lipinski definition) is 1. The first-order chi connectivity index (χ1) is 9.85. The van der Waals surface area contributed by atoms with Crippen LogP contribution in [0.25, 0.3) is 0 Å². The van der Waals surface area contributed by atoms with Crippen molar-refractivity contribution in [2.45, 2.75) is 19.0 Å². The fraction of sp³-hybridized carbons (Fsp3) is 0.583. The summed E-state index contributed by atoms with van der Waals surface area (Å²) >= 11 is 0. The number of nitrogens with one attached hydrogen (secondary N) is 1. The molecule has 9 heteroatoms. The Morgan fingerprint density at radius 3 is 2.67 bits per heavy atom. The monoisotopic (exact) mass is 309 g/mol. The number of methoxy groups -OCH3 is 1. The highest BCUT2D eigenvalue weighted by Gasteiger charge is 2.24. The summed E-state index contributed by atoms with van der Waals surface area (Å²) in [4.78, 5) is 16.7. The van der Waals surface area contributed by atoms with Crippen molar-refractivity contribution in [3.63, 3.8) is 0 Å². The zero-order valence-electron chi connectivity index (χ0n) is 11.3. The van der Waals surface area contributed by atoms with Crippen LogP contribution in [0.3, 0.4) is 0 Å². The number of hydrogen-bond acceptors (Lipinski definition) is 5. The number of aromatic nitrogens is 2. The summed E-state index contributed by atoms with van der Waals surface area (Å²) in [7, 11) is 1.41. The van der Waals surface area contributed by atoms with Gasteiger partial charge in [-0.15, -0.1) is 0 Å². The predicted molar refractivity (Wildman–Crippen MR) is 65.3 cm³/mol. The molecule has 21 heavy (non-hydrogen) atoms. The Kier molecular flexibility index (Phi) is 6.47. The molecule has 1 aromatic rings. The van der Waals surface area contributed by atoms with E-state index in [4.69, 9.17) is 9.53 Å². The molecule has 0 aliphatic carbocycles. The second kappa shape index (κ2) is 7.87. The Morgan fingerprint density at radius 2 is 2.19 bits per heavy atom. The van der Waals surface area contributed by atoms with E-state index in [1.165, 1.54) is 13.3 Å². The molecule has 0 amide bonds. The van der Waals surface area contributed by atoms with Crippen LogP contribution in [-0.4, -0.2) is 42.6 Å². The molecule has 5 nitrogen and oxygen atoms in total. The van der Waals surface area contributed by atoms with E-state index in [0.717, 1.165) is 25.9 Å². The van der Waals surface area contributed by atoms with Gasteiger partial charge in [0.2, 0.25) is 12.1 Å². The topological polar surface area (TPSA) is 64.1 Å². The van der Waals surface area contributed by atoms with Crippen LogP contribution in [0, 0.1) is 11.7 Å². The number of halogens is 4. The average Bonchev–Trinajstić information content (AvgIpc) is 2.94. The Morgan fingerprint density at radius 1 is 1.52 bits per heavy atom. The standard InChI is InChI=1S/C10H14FN3O.C2HF3O/c1-15-10-8(11)6-13-9(14-10)4-7-2-3-12-5-7;3-2(4,5)1-6/h6-7,12H,2-5H2,1H3;1H/t7-;/m0./s1. The molecule has 1 aromatic heterocycles. The zero-order valence-corrected chi connectivity index (χ0v) is 11.3. The first-order valence-electron chi connectivity index (χ1n) is 6.15. The highest BCUT2D eigenvalue weighted by Crippen LogP contribution is 2.16. The maximum absolute atomic E-state index is 13.0. The molecule has 1 N–H and O–H groups in total. The molecule has 0 saturated carbocycles. The molecule has 1 fully saturated rings. The first kappa shape index (κ1) is 17.3. The van der Waals surface area contributed by atoms with Crippen LogP contribution >= 0.6 is 0 Å². The summed E-state index contributed by atoms with van der Waals surface area (Å²) in [6, 6.07) is 0. The number of ether oxygens (including phenoxy) is 1. The third-order valence-electron chi connectivity index (χ3n) is 2.72. The van der Waals surface area contributed by atoms with Gasteiger partial charge in [-0.2, -0.15) is 22.5 Å². The molecule has 0 aromatic carbocycles. The van der Waals surface area contributed by atoms with Crippen molar-refractivity contribution < 1.29 is 27.1 Å². The Balaban J connectivity index is 0.000000315. The van der Waals surface area contributed by atoms with Gasteiger partial charge in [-0.05, 0) is 25.4 Å². The minimum absolute atomic E-state index is 0.0333. The lowest BCUT2D eigenvalue weighted by atomic mass is 10.0. The third-order valence-corrected chi connectivity index (χ3v) is 2.72. The maximum Gasteiger partial charge on any atom is 0.446 e. The van der Waals surface area contributed by atoms with E-state index in [2.05, 4.69) is 15.3 Å². The second-order valence-electron chi connectivity index (χ2n) is 4.37. The SMILES string of the molecule is COc1nc(C[C@@H]2CCNC2)ncc1F.O=CC(F)(F)F. The summed E-state index contributed by atoms with van der Waals surface area (Å²) in [5, 5.41) is 3.27. The van der Waals surface area contributed by atoms with Crippen LogP contribution in [0.5, 0.6) is 5.88 Å². The molecule has 0 radical (unpaired) electrons. The van der Waals surface area contributed by atoms with E-state index in [0.29, 0.717) is 11.7 Å². The molecule has 1 saturated heterocycles. The van der Waals surface area contributed by atoms with Crippen LogP contribution < -0.4 is 10.1 Å². The van der Waals surface area contributed by atoms with Gasteiger partial charge in [-0.3, -0.25) is 4.79 Å². The van der Waals surface area contributed by atoms with E-state index in [-0.39, 0.29) is 5.88 Å².